The molecule has 5 heteroatoms. The first-order valence-electron chi connectivity index (χ1n) is 5.17. The van der Waals surface area contributed by atoms with Crippen LogP contribution in [-0.2, 0) is 16.1 Å². The summed E-state index contributed by atoms with van der Waals surface area (Å²) in [6.07, 6.45) is 2.32. The number of aromatic nitrogens is 1. The maximum Gasteiger partial charge on any atom is 0.230 e. The van der Waals surface area contributed by atoms with Crippen LogP contribution in [0, 0.1) is 0 Å². The first-order valence-corrected chi connectivity index (χ1v) is 5.17. The van der Waals surface area contributed by atoms with Gasteiger partial charge in [0.05, 0.1) is 6.54 Å². The Morgan fingerprint density at radius 2 is 2.06 bits per heavy atom. The molecule has 0 unspecified atom stereocenters. The number of nitrogens with one attached hydrogen (secondary N) is 1. The molecule has 0 spiro atoms. The van der Waals surface area contributed by atoms with Gasteiger partial charge < -0.3 is 5.32 Å². The summed E-state index contributed by atoms with van der Waals surface area (Å²) in [4.78, 5) is 28.3. The van der Waals surface area contributed by atoms with Gasteiger partial charge in [0.15, 0.2) is 0 Å². The molecule has 2 rings (SSSR count). The van der Waals surface area contributed by atoms with Crippen molar-refractivity contribution in [3.63, 3.8) is 0 Å². The van der Waals surface area contributed by atoms with Gasteiger partial charge in [0.1, 0.15) is 5.82 Å². The molecule has 1 saturated heterocycles. The Balaban J connectivity index is 2.20. The van der Waals surface area contributed by atoms with Gasteiger partial charge in [0.2, 0.25) is 11.8 Å². The molecule has 0 radical (unpaired) electrons. The third kappa shape index (κ3) is 1.88. The average molecular weight is 219 g/mol. The van der Waals surface area contributed by atoms with E-state index in [0.29, 0.717) is 25.2 Å². The highest BCUT2D eigenvalue weighted by Crippen LogP contribution is 2.19. The van der Waals surface area contributed by atoms with Crippen molar-refractivity contribution in [2.24, 2.45) is 0 Å². The summed E-state index contributed by atoms with van der Waals surface area (Å²) in [7, 11) is 1.76. The minimum atomic E-state index is -0.101. The molecule has 1 fully saturated rings. The lowest BCUT2D eigenvalue weighted by Crippen LogP contribution is -2.28. The lowest BCUT2D eigenvalue weighted by atomic mass is 10.2. The van der Waals surface area contributed by atoms with Gasteiger partial charge in [0.25, 0.3) is 0 Å². The van der Waals surface area contributed by atoms with Gasteiger partial charge in [-0.1, -0.05) is 6.07 Å². The summed E-state index contributed by atoms with van der Waals surface area (Å²) in [6.45, 7) is 0.307. The van der Waals surface area contributed by atoms with Crippen LogP contribution < -0.4 is 5.32 Å². The van der Waals surface area contributed by atoms with E-state index in [2.05, 4.69) is 10.3 Å². The standard InChI is InChI=1S/C11H13N3O2/c1-12-11-8(3-2-6-13-11)7-14-9(15)4-5-10(14)16/h2-3,6H,4-5,7H2,1H3,(H,12,13). The Morgan fingerprint density at radius 3 is 2.69 bits per heavy atom. The number of amides is 2. The fraction of sp³-hybridized carbons (Fsp3) is 0.364. The van der Waals surface area contributed by atoms with Crippen LogP contribution >= 0.6 is 0 Å². The van der Waals surface area contributed by atoms with Crippen molar-refractivity contribution >= 4 is 17.6 Å². The minimum absolute atomic E-state index is 0.101. The number of imide groups is 1. The Labute approximate surface area is 93.5 Å². The second-order valence-electron chi connectivity index (χ2n) is 3.63. The van der Waals surface area contributed by atoms with Gasteiger partial charge in [-0.15, -0.1) is 0 Å². The van der Waals surface area contributed by atoms with Crippen LogP contribution in [-0.4, -0.2) is 28.7 Å². The van der Waals surface area contributed by atoms with E-state index in [4.69, 9.17) is 0 Å². The van der Waals surface area contributed by atoms with Crippen molar-refractivity contribution in [2.45, 2.75) is 19.4 Å². The Hall–Kier alpha value is -1.91. The largest absolute Gasteiger partial charge is 0.373 e. The van der Waals surface area contributed by atoms with Gasteiger partial charge >= 0.3 is 0 Å². The summed E-state index contributed by atoms with van der Waals surface area (Å²) in [6, 6.07) is 3.65. The number of carbonyl (C=O) groups is 2. The second kappa shape index (κ2) is 4.30. The SMILES string of the molecule is CNc1ncccc1CN1C(=O)CCC1=O. The molecule has 1 aromatic rings. The number of rotatable bonds is 3. The predicted molar refractivity (Wildman–Crippen MR) is 58.6 cm³/mol. The van der Waals surface area contributed by atoms with E-state index in [1.54, 1.807) is 19.3 Å². The normalized spacial score (nSPS) is 15.7. The maximum atomic E-state index is 11.5. The van der Waals surface area contributed by atoms with Crippen LogP contribution in [0.3, 0.4) is 0 Å². The van der Waals surface area contributed by atoms with E-state index in [1.807, 2.05) is 6.07 Å². The van der Waals surface area contributed by atoms with Crippen LogP contribution in [0.5, 0.6) is 0 Å². The van der Waals surface area contributed by atoms with Crippen LogP contribution in [0.2, 0.25) is 0 Å². The fourth-order valence-corrected chi connectivity index (χ4v) is 1.76. The molecule has 0 aromatic carbocycles. The number of pyridine rings is 1. The lowest BCUT2D eigenvalue weighted by molar-refractivity contribution is -0.139. The predicted octanol–water partition coefficient (Wildman–Crippen LogP) is 0.772. The third-order valence-corrected chi connectivity index (χ3v) is 2.61. The van der Waals surface area contributed by atoms with Crippen LogP contribution in [0.15, 0.2) is 18.3 Å². The van der Waals surface area contributed by atoms with Gasteiger partial charge in [-0.25, -0.2) is 4.98 Å². The van der Waals surface area contributed by atoms with Crippen molar-refractivity contribution in [1.29, 1.82) is 0 Å². The first-order chi connectivity index (χ1) is 7.72. The number of hydrogen-bond acceptors (Lipinski definition) is 4. The molecule has 0 bridgehead atoms. The molecule has 2 amide bonds. The second-order valence-corrected chi connectivity index (χ2v) is 3.63. The summed E-state index contributed by atoms with van der Waals surface area (Å²) >= 11 is 0. The number of carbonyl (C=O) groups excluding carboxylic acids is 2. The van der Waals surface area contributed by atoms with Crippen LogP contribution in [0.4, 0.5) is 5.82 Å². The zero-order chi connectivity index (χ0) is 11.5. The highest BCUT2D eigenvalue weighted by molar-refractivity contribution is 6.01. The van der Waals surface area contributed by atoms with E-state index < -0.39 is 0 Å². The zero-order valence-electron chi connectivity index (χ0n) is 9.06. The smallest absolute Gasteiger partial charge is 0.230 e. The van der Waals surface area contributed by atoms with Gasteiger partial charge in [0, 0.05) is 31.6 Å². The summed E-state index contributed by atoms with van der Waals surface area (Å²) in [5.74, 6) is 0.502. The van der Waals surface area contributed by atoms with Crippen molar-refractivity contribution in [3.8, 4) is 0 Å². The third-order valence-electron chi connectivity index (χ3n) is 2.61. The van der Waals surface area contributed by atoms with E-state index in [1.165, 1.54) is 4.90 Å². The quantitative estimate of drug-likeness (QED) is 0.763. The Kier molecular flexibility index (Phi) is 2.85. The van der Waals surface area contributed by atoms with E-state index in [9.17, 15) is 9.59 Å². The Bertz CT molecular complexity index is 415. The minimum Gasteiger partial charge on any atom is -0.373 e. The topological polar surface area (TPSA) is 62.3 Å². The highest BCUT2D eigenvalue weighted by Gasteiger charge is 2.29. The molecule has 1 aliphatic heterocycles. The molecule has 1 aromatic heterocycles. The molecule has 0 saturated carbocycles. The van der Waals surface area contributed by atoms with Crippen molar-refractivity contribution in [3.05, 3.63) is 23.9 Å². The number of nitrogens with zero attached hydrogens (tertiary/aromatic N) is 2. The van der Waals surface area contributed by atoms with Gasteiger partial charge in [-0.05, 0) is 6.07 Å². The van der Waals surface area contributed by atoms with Crippen molar-refractivity contribution in [1.82, 2.24) is 9.88 Å². The lowest BCUT2D eigenvalue weighted by Gasteiger charge is -2.15. The molecule has 0 aliphatic carbocycles. The van der Waals surface area contributed by atoms with Crippen molar-refractivity contribution < 1.29 is 9.59 Å². The summed E-state index contributed by atoms with van der Waals surface area (Å²) in [5, 5.41) is 2.94. The monoisotopic (exact) mass is 219 g/mol. The number of hydrogen-bond donors (Lipinski definition) is 1. The number of likely N-dealkylation sites (tertiary alicyclic amines) is 1. The zero-order valence-corrected chi connectivity index (χ0v) is 9.06. The van der Waals surface area contributed by atoms with Crippen LogP contribution in [0.1, 0.15) is 18.4 Å². The molecule has 1 aliphatic rings. The van der Waals surface area contributed by atoms with Crippen molar-refractivity contribution in [2.75, 3.05) is 12.4 Å². The molecule has 0 atom stereocenters. The molecular weight excluding hydrogens is 206 g/mol. The fourth-order valence-electron chi connectivity index (χ4n) is 1.76. The number of anilines is 1. The van der Waals surface area contributed by atoms with Crippen LogP contribution in [0.25, 0.3) is 0 Å². The highest BCUT2D eigenvalue weighted by atomic mass is 16.2. The molecule has 1 N–H and O–H groups in total. The molecule has 16 heavy (non-hydrogen) atoms. The molecule has 5 nitrogen and oxygen atoms in total. The maximum absolute atomic E-state index is 11.5. The first kappa shape index (κ1) is 10.6. The van der Waals surface area contributed by atoms with E-state index >= 15 is 0 Å². The summed E-state index contributed by atoms with van der Waals surface area (Å²) in [5.41, 5.74) is 0.855. The molecular formula is C11H13N3O2. The molecule has 2 heterocycles. The van der Waals surface area contributed by atoms with E-state index in [0.717, 1.165) is 5.56 Å². The van der Waals surface area contributed by atoms with Gasteiger partial charge in [-0.2, -0.15) is 0 Å². The Morgan fingerprint density at radius 1 is 1.38 bits per heavy atom. The van der Waals surface area contributed by atoms with Gasteiger partial charge in [-0.3, -0.25) is 14.5 Å². The molecule has 84 valence electrons. The summed E-state index contributed by atoms with van der Waals surface area (Å²) < 4.78 is 0. The van der Waals surface area contributed by atoms with E-state index in [-0.39, 0.29) is 11.8 Å². The average Bonchev–Trinajstić information content (AvgIpc) is 2.61.